The van der Waals surface area contributed by atoms with Crippen LogP contribution < -0.4 is 9.80 Å². The van der Waals surface area contributed by atoms with Gasteiger partial charge in [0.05, 0.1) is 5.70 Å². The zero-order valence-corrected chi connectivity index (χ0v) is 31.1. The molecule has 9 rings (SSSR count). The van der Waals surface area contributed by atoms with Crippen LogP contribution >= 0.6 is 0 Å². The van der Waals surface area contributed by atoms with Crippen LogP contribution in [0, 0.1) is 0 Å². The van der Waals surface area contributed by atoms with Crippen molar-refractivity contribution in [2.24, 2.45) is 0 Å². The van der Waals surface area contributed by atoms with Gasteiger partial charge in [0.15, 0.2) is 0 Å². The molecule has 2 nitrogen and oxygen atoms in total. The highest BCUT2D eigenvalue weighted by molar-refractivity contribution is 5.82. The Kier molecular flexibility index (Phi) is 8.66. The molecule has 0 unspecified atom stereocenters. The predicted octanol–water partition coefficient (Wildman–Crippen LogP) is 13.3. The number of hydrogen-bond donors (Lipinski definition) is 0. The van der Waals surface area contributed by atoms with E-state index >= 15 is 0 Å². The molecule has 2 heteroatoms. The van der Waals surface area contributed by atoms with Crippen LogP contribution in [-0.4, -0.2) is 7.05 Å². The van der Waals surface area contributed by atoms with Gasteiger partial charge in [0.25, 0.3) is 0 Å². The first-order valence-electron chi connectivity index (χ1n) is 20.0. The maximum Gasteiger partial charge on any atom is 0.0525 e. The SMILES string of the molecule is CC1=C(C=CC2=C(N(c3ccccc3)c3ccccc3)C(=CC=C3N(C)c4ccccc4C34CCCCC4)CC2)C2(CCCCC2)c2ccccc21. The van der Waals surface area contributed by atoms with Crippen LogP contribution in [0.4, 0.5) is 17.1 Å². The molecule has 0 saturated heterocycles. The number of fused-ring (bicyclic) bond motifs is 4. The molecular weight excluding hydrogens is 629 g/mol. The zero-order valence-electron chi connectivity index (χ0n) is 31.1. The molecule has 2 spiro atoms. The summed E-state index contributed by atoms with van der Waals surface area (Å²) < 4.78 is 0. The van der Waals surface area contributed by atoms with Crippen LogP contribution in [0.15, 0.2) is 162 Å². The van der Waals surface area contributed by atoms with Crippen LogP contribution in [0.2, 0.25) is 0 Å². The molecule has 0 amide bonds. The van der Waals surface area contributed by atoms with Crippen LogP contribution in [0.3, 0.4) is 0 Å². The number of anilines is 3. The topological polar surface area (TPSA) is 6.48 Å². The van der Waals surface area contributed by atoms with Gasteiger partial charge in [0, 0.05) is 40.6 Å². The minimum atomic E-state index is 0.111. The van der Waals surface area contributed by atoms with E-state index in [0.29, 0.717) is 0 Å². The summed E-state index contributed by atoms with van der Waals surface area (Å²) in [5.41, 5.74) is 17.3. The number of rotatable bonds is 6. The van der Waals surface area contributed by atoms with Crippen molar-refractivity contribution in [1.29, 1.82) is 0 Å². The average molecular weight is 681 g/mol. The van der Waals surface area contributed by atoms with Gasteiger partial charge >= 0.3 is 0 Å². The first-order valence-corrected chi connectivity index (χ1v) is 20.0. The van der Waals surface area contributed by atoms with Gasteiger partial charge in [0.1, 0.15) is 0 Å². The lowest BCUT2D eigenvalue weighted by Gasteiger charge is -2.37. The van der Waals surface area contributed by atoms with Crippen molar-refractivity contribution in [1.82, 2.24) is 0 Å². The highest BCUT2D eigenvalue weighted by Crippen LogP contribution is 2.56. The van der Waals surface area contributed by atoms with E-state index in [-0.39, 0.29) is 10.8 Å². The Labute approximate surface area is 311 Å². The monoisotopic (exact) mass is 680 g/mol. The first kappa shape index (κ1) is 33.0. The summed E-state index contributed by atoms with van der Waals surface area (Å²) in [6.07, 6.45) is 25.0. The molecule has 0 bridgehead atoms. The second kappa shape index (κ2) is 13.6. The van der Waals surface area contributed by atoms with E-state index < -0.39 is 0 Å². The molecule has 2 fully saturated rings. The summed E-state index contributed by atoms with van der Waals surface area (Å²) in [6, 6.07) is 40.5. The van der Waals surface area contributed by atoms with E-state index in [4.69, 9.17) is 0 Å². The van der Waals surface area contributed by atoms with Gasteiger partial charge in [-0.05, 0) is 121 Å². The maximum absolute atomic E-state index is 2.55. The van der Waals surface area contributed by atoms with Crippen molar-refractivity contribution in [2.75, 3.05) is 16.8 Å². The lowest BCUT2D eigenvalue weighted by atomic mass is 9.67. The summed E-state index contributed by atoms with van der Waals surface area (Å²) in [5, 5.41) is 0. The zero-order chi connectivity index (χ0) is 35.1. The summed E-state index contributed by atoms with van der Waals surface area (Å²) in [6.45, 7) is 2.38. The van der Waals surface area contributed by atoms with E-state index in [1.165, 1.54) is 121 Å². The lowest BCUT2D eigenvalue weighted by Crippen LogP contribution is -2.31. The number of benzene rings is 4. The number of para-hydroxylation sites is 3. The van der Waals surface area contributed by atoms with Gasteiger partial charge in [0.2, 0.25) is 0 Å². The number of hydrogen-bond acceptors (Lipinski definition) is 2. The Hall–Kier alpha value is -4.82. The first-order chi connectivity index (χ1) is 25.6. The largest absolute Gasteiger partial charge is 0.347 e. The van der Waals surface area contributed by atoms with Crippen LogP contribution in [0.1, 0.15) is 101 Å². The summed E-state index contributed by atoms with van der Waals surface area (Å²) in [4.78, 5) is 5.03. The fourth-order valence-electron chi connectivity index (χ4n) is 10.8. The third-order valence-electron chi connectivity index (χ3n) is 13.2. The minimum Gasteiger partial charge on any atom is -0.347 e. The van der Waals surface area contributed by atoms with E-state index in [1.54, 1.807) is 11.1 Å². The maximum atomic E-state index is 2.55. The predicted molar refractivity (Wildman–Crippen MR) is 220 cm³/mol. The Balaban J connectivity index is 1.20. The summed E-state index contributed by atoms with van der Waals surface area (Å²) in [7, 11) is 2.29. The molecule has 0 atom stereocenters. The molecule has 4 aromatic carbocycles. The van der Waals surface area contributed by atoms with Crippen LogP contribution in [-0.2, 0) is 10.8 Å². The van der Waals surface area contributed by atoms with Crippen molar-refractivity contribution < 1.29 is 0 Å². The van der Waals surface area contributed by atoms with Crippen molar-refractivity contribution in [3.05, 3.63) is 178 Å². The number of nitrogens with zero attached hydrogens (tertiary/aromatic N) is 2. The third kappa shape index (κ3) is 5.37. The minimum absolute atomic E-state index is 0.111. The number of allylic oxidation sites excluding steroid dienone is 9. The quantitative estimate of drug-likeness (QED) is 0.200. The smallest absolute Gasteiger partial charge is 0.0525 e. The van der Waals surface area contributed by atoms with Crippen molar-refractivity contribution in [3.63, 3.8) is 0 Å². The van der Waals surface area contributed by atoms with Gasteiger partial charge in [-0.2, -0.15) is 0 Å². The molecule has 0 radical (unpaired) electrons. The molecule has 0 N–H and O–H groups in total. The van der Waals surface area contributed by atoms with Gasteiger partial charge in [-0.25, -0.2) is 0 Å². The summed E-state index contributed by atoms with van der Waals surface area (Å²) in [5.74, 6) is 0. The average Bonchev–Trinajstić information content (AvgIpc) is 3.77. The van der Waals surface area contributed by atoms with Crippen molar-refractivity contribution >= 4 is 22.6 Å². The normalized spacial score (nSPS) is 22.0. The molecule has 1 aliphatic heterocycles. The van der Waals surface area contributed by atoms with E-state index in [1.807, 2.05) is 0 Å². The molecule has 2 saturated carbocycles. The number of likely N-dealkylation sites (N-methyl/N-ethyl adjacent to an activating group) is 1. The molecule has 4 aliphatic carbocycles. The molecular formula is C50H52N2. The Morgan fingerprint density at radius 3 is 1.83 bits per heavy atom. The Morgan fingerprint density at radius 1 is 0.577 bits per heavy atom. The fourth-order valence-corrected chi connectivity index (χ4v) is 10.8. The molecule has 5 aliphatic rings. The molecule has 1 heterocycles. The second-order valence-electron chi connectivity index (χ2n) is 15.9. The highest BCUT2D eigenvalue weighted by Gasteiger charge is 2.46. The standard InChI is InChI=1S/C50H52N2/c1-37-42-23-11-12-24-44(42)49(33-15-5-16-34-49)43(37)31-29-38-27-28-39(48(38)52(40-19-7-3-8-20-40)41-21-9-4-10-22-41)30-32-47-50(35-17-6-18-36-50)45-25-13-14-26-46(45)51(47)2/h3-4,7-14,19-26,29-32H,5-6,15-18,27-28,33-36H2,1-2H3. The Bertz CT molecular complexity index is 2070. The lowest BCUT2D eigenvalue weighted by molar-refractivity contribution is 0.347. The van der Waals surface area contributed by atoms with E-state index in [9.17, 15) is 0 Å². The molecule has 4 aromatic rings. The van der Waals surface area contributed by atoms with Crippen LogP contribution in [0.5, 0.6) is 0 Å². The fraction of sp³-hybridized carbons (Fsp3) is 0.320. The van der Waals surface area contributed by atoms with E-state index in [0.717, 1.165) is 12.8 Å². The molecule has 52 heavy (non-hydrogen) atoms. The van der Waals surface area contributed by atoms with Gasteiger partial charge < -0.3 is 9.80 Å². The van der Waals surface area contributed by atoms with Crippen molar-refractivity contribution in [3.8, 4) is 0 Å². The molecule has 0 aromatic heterocycles. The van der Waals surface area contributed by atoms with Crippen molar-refractivity contribution in [2.45, 2.75) is 94.8 Å². The second-order valence-corrected chi connectivity index (χ2v) is 15.9. The van der Waals surface area contributed by atoms with E-state index in [2.05, 4.69) is 157 Å². The van der Waals surface area contributed by atoms with Gasteiger partial charge in [-0.15, -0.1) is 0 Å². The third-order valence-corrected chi connectivity index (χ3v) is 13.2. The summed E-state index contributed by atoms with van der Waals surface area (Å²) >= 11 is 0. The van der Waals surface area contributed by atoms with Gasteiger partial charge in [-0.1, -0.05) is 136 Å². The Morgan fingerprint density at radius 2 is 1.15 bits per heavy atom. The highest BCUT2D eigenvalue weighted by atomic mass is 15.2. The van der Waals surface area contributed by atoms with Gasteiger partial charge in [-0.3, -0.25) is 0 Å². The molecule has 262 valence electrons. The van der Waals surface area contributed by atoms with Crippen LogP contribution in [0.25, 0.3) is 5.57 Å².